The van der Waals surface area contributed by atoms with Gasteiger partial charge in [-0.3, -0.25) is 14.9 Å². The van der Waals surface area contributed by atoms with Gasteiger partial charge in [-0.15, -0.1) is 0 Å². The minimum atomic E-state index is -0.608. The number of hydrogen-bond donors (Lipinski definition) is 0. The lowest BCUT2D eigenvalue weighted by Crippen LogP contribution is -2.42. The first-order valence-corrected chi connectivity index (χ1v) is 10.6. The number of carbonyl (C=O) groups is 1. The third-order valence-corrected chi connectivity index (χ3v) is 6.47. The van der Waals surface area contributed by atoms with Crippen molar-refractivity contribution in [2.75, 3.05) is 24.5 Å². The van der Waals surface area contributed by atoms with Crippen molar-refractivity contribution in [3.05, 3.63) is 69.0 Å². The van der Waals surface area contributed by atoms with Crippen LogP contribution in [0.2, 0.25) is 5.02 Å². The van der Waals surface area contributed by atoms with Gasteiger partial charge >= 0.3 is 0 Å². The molecule has 2 aromatic rings. The van der Waals surface area contributed by atoms with Gasteiger partial charge in [-0.2, -0.15) is 0 Å². The zero-order chi connectivity index (χ0) is 21.3. The second-order valence-corrected chi connectivity index (χ2v) is 8.27. The Hall–Kier alpha value is -2.67. The lowest BCUT2D eigenvalue weighted by atomic mass is 9.94. The van der Waals surface area contributed by atoms with Crippen LogP contribution in [0, 0.1) is 21.8 Å². The van der Waals surface area contributed by atoms with E-state index in [0.717, 1.165) is 31.0 Å². The largest absolute Gasteiger partial charge is 0.369 e. The number of nitrogens with zero attached hydrogens (tertiary/aromatic N) is 3. The molecule has 0 N–H and O–H groups in total. The molecular weight excluding hydrogens is 409 g/mol. The predicted molar refractivity (Wildman–Crippen MR) is 113 cm³/mol. The van der Waals surface area contributed by atoms with Crippen molar-refractivity contribution in [3.63, 3.8) is 0 Å². The molecule has 6 nitrogen and oxygen atoms in total. The van der Waals surface area contributed by atoms with Gasteiger partial charge in [0.2, 0.25) is 5.91 Å². The van der Waals surface area contributed by atoms with Crippen LogP contribution in [0.15, 0.2) is 42.5 Å². The first kappa shape index (κ1) is 20.6. The molecule has 0 aliphatic carbocycles. The highest BCUT2D eigenvalue weighted by Gasteiger charge is 2.36. The van der Waals surface area contributed by atoms with Crippen LogP contribution in [0.1, 0.15) is 37.3 Å². The van der Waals surface area contributed by atoms with Gasteiger partial charge in [0.25, 0.3) is 5.69 Å². The van der Waals surface area contributed by atoms with Crippen molar-refractivity contribution in [1.82, 2.24) is 4.90 Å². The molecule has 0 spiro atoms. The highest BCUT2D eigenvalue weighted by Crippen LogP contribution is 2.38. The van der Waals surface area contributed by atoms with Gasteiger partial charge in [0, 0.05) is 36.6 Å². The third-order valence-electron chi connectivity index (χ3n) is 6.13. The van der Waals surface area contributed by atoms with Crippen LogP contribution in [0.5, 0.6) is 0 Å². The summed E-state index contributed by atoms with van der Waals surface area (Å²) in [7, 11) is 0. The molecule has 2 aliphatic heterocycles. The normalized spacial score (nSPS) is 19.9. The van der Waals surface area contributed by atoms with Crippen LogP contribution >= 0.6 is 11.6 Å². The Morgan fingerprint density at radius 3 is 2.50 bits per heavy atom. The van der Waals surface area contributed by atoms with E-state index in [-0.39, 0.29) is 23.6 Å². The zero-order valence-corrected chi connectivity index (χ0v) is 17.2. The van der Waals surface area contributed by atoms with Gasteiger partial charge in [-0.1, -0.05) is 29.8 Å². The standard InChI is InChI=1S/C22H23ClFN3O3/c23-18-5-2-1-4-17(18)20-6-3-11-26(20)22(28)15-9-12-25(13-10-15)21-8-7-16(27(29)30)14-19(21)24/h1-2,4-5,7-8,14-15,20H,3,6,9-13H2/t20-/m1/s1. The lowest BCUT2D eigenvalue weighted by Gasteiger charge is -2.36. The van der Waals surface area contributed by atoms with Gasteiger partial charge in [-0.25, -0.2) is 4.39 Å². The number of piperidine rings is 1. The fraction of sp³-hybridized carbons (Fsp3) is 0.409. The number of nitro benzene ring substituents is 1. The summed E-state index contributed by atoms with van der Waals surface area (Å²) >= 11 is 6.37. The molecule has 1 atom stereocenters. The van der Waals surface area contributed by atoms with Gasteiger partial charge < -0.3 is 9.80 Å². The molecule has 0 saturated carbocycles. The molecule has 0 bridgehead atoms. The molecule has 4 rings (SSSR count). The van der Waals surface area contributed by atoms with E-state index in [9.17, 15) is 19.3 Å². The molecule has 0 unspecified atom stereocenters. The summed E-state index contributed by atoms with van der Waals surface area (Å²) < 4.78 is 14.3. The maximum absolute atomic E-state index is 14.3. The minimum absolute atomic E-state index is 0.0105. The molecule has 158 valence electrons. The Morgan fingerprint density at radius 1 is 1.10 bits per heavy atom. The number of halogens is 2. The molecular formula is C22H23ClFN3O3. The van der Waals surface area contributed by atoms with Gasteiger partial charge in [0.15, 0.2) is 5.82 Å². The number of rotatable bonds is 4. The second-order valence-electron chi connectivity index (χ2n) is 7.87. The molecule has 8 heteroatoms. The molecule has 0 aromatic heterocycles. The number of non-ortho nitro benzene ring substituents is 1. The number of likely N-dealkylation sites (tertiary alicyclic amines) is 1. The topological polar surface area (TPSA) is 66.7 Å². The number of amides is 1. The van der Waals surface area contributed by atoms with Crippen LogP contribution < -0.4 is 4.90 Å². The van der Waals surface area contributed by atoms with Crippen molar-refractivity contribution in [3.8, 4) is 0 Å². The highest BCUT2D eigenvalue weighted by atomic mass is 35.5. The predicted octanol–water partition coefficient (Wildman–Crippen LogP) is 4.97. The lowest BCUT2D eigenvalue weighted by molar-refractivity contribution is -0.385. The molecule has 2 aliphatic rings. The minimum Gasteiger partial charge on any atom is -0.369 e. The van der Waals surface area contributed by atoms with E-state index in [1.165, 1.54) is 12.1 Å². The first-order valence-electron chi connectivity index (χ1n) is 10.2. The van der Waals surface area contributed by atoms with Crippen molar-refractivity contribution in [2.24, 2.45) is 5.92 Å². The fourth-order valence-electron chi connectivity index (χ4n) is 4.57. The van der Waals surface area contributed by atoms with E-state index >= 15 is 0 Å². The Kier molecular flexibility index (Phi) is 5.90. The first-order chi connectivity index (χ1) is 14.5. The smallest absolute Gasteiger partial charge is 0.272 e. The summed E-state index contributed by atoms with van der Waals surface area (Å²) in [4.78, 5) is 27.3. The van der Waals surface area contributed by atoms with E-state index in [4.69, 9.17) is 11.6 Å². The van der Waals surface area contributed by atoms with E-state index in [2.05, 4.69) is 0 Å². The van der Waals surface area contributed by atoms with Crippen molar-refractivity contribution in [1.29, 1.82) is 0 Å². The van der Waals surface area contributed by atoms with Crippen LogP contribution in [0.25, 0.3) is 0 Å². The van der Waals surface area contributed by atoms with Crippen LogP contribution in [-0.4, -0.2) is 35.4 Å². The van der Waals surface area contributed by atoms with E-state index in [1.54, 1.807) is 0 Å². The summed E-state index contributed by atoms with van der Waals surface area (Å²) in [5.41, 5.74) is 1.08. The molecule has 0 radical (unpaired) electrons. The maximum atomic E-state index is 14.3. The maximum Gasteiger partial charge on any atom is 0.272 e. The summed E-state index contributed by atoms with van der Waals surface area (Å²) in [5.74, 6) is -0.570. The molecule has 2 aromatic carbocycles. The highest BCUT2D eigenvalue weighted by molar-refractivity contribution is 6.31. The zero-order valence-electron chi connectivity index (χ0n) is 16.5. The van der Waals surface area contributed by atoms with Gasteiger partial charge in [0.1, 0.15) is 0 Å². The number of nitro groups is 1. The Balaban J connectivity index is 1.42. The van der Waals surface area contributed by atoms with Crippen molar-refractivity contribution < 1.29 is 14.1 Å². The average Bonchev–Trinajstić information content (AvgIpc) is 3.23. The Morgan fingerprint density at radius 2 is 1.83 bits per heavy atom. The average molecular weight is 432 g/mol. The number of anilines is 1. The second kappa shape index (κ2) is 8.60. The van der Waals surface area contributed by atoms with Gasteiger partial charge in [-0.05, 0) is 43.4 Å². The van der Waals surface area contributed by atoms with Crippen LogP contribution in [0.4, 0.5) is 15.8 Å². The number of benzene rings is 2. The van der Waals surface area contributed by atoms with E-state index in [1.807, 2.05) is 34.1 Å². The quantitative estimate of drug-likeness (QED) is 0.506. The summed E-state index contributed by atoms with van der Waals surface area (Å²) in [6, 6.07) is 11.4. The molecule has 2 heterocycles. The molecule has 30 heavy (non-hydrogen) atoms. The van der Waals surface area contributed by atoms with E-state index < -0.39 is 10.7 Å². The fourth-order valence-corrected chi connectivity index (χ4v) is 4.83. The molecule has 1 amide bonds. The van der Waals surface area contributed by atoms with Crippen LogP contribution in [0.3, 0.4) is 0 Å². The van der Waals surface area contributed by atoms with Crippen molar-refractivity contribution in [2.45, 2.75) is 31.7 Å². The Bertz CT molecular complexity index is 962. The Labute approximate surface area is 179 Å². The summed E-state index contributed by atoms with van der Waals surface area (Å²) in [6.45, 7) is 1.80. The SMILES string of the molecule is O=C(C1CCN(c2ccc([N+](=O)[O-])cc2F)CC1)N1CCC[C@@H]1c1ccccc1Cl. The molecule has 2 fully saturated rings. The summed E-state index contributed by atoms with van der Waals surface area (Å²) in [5, 5.41) is 11.5. The number of hydrogen-bond acceptors (Lipinski definition) is 4. The third kappa shape index (κ3) is 3.99. The summed E-state index contributed by atoms with van der Waals surface area (Å²) in [6.07, 6.45) is 3.11. The monoisotopic (exact) mass is 431 g/mol. The van der Waals surface area contributed by atoms with E-state index in [0.29, 0.717) is 36.6 Å². The van der Waals surface area contributed by atoms with Crippen molar-refractivity contribution >= 4 is 28.9 Å². The molecule has 2 saturated heterocycles. The van der Waals surface area contributed by atoms with Crippen LogP contribution in [-0.2, 0) is 4.79 Å². The number of carbonyl (C=O) groups excluding carboxylic acids is 1. The van der Waals surface area contributed by atoms with Gasteiger partial charge in [0.05, 0.1) is 22.7 Å².